The Morgan fingerprint density at radius 2 is 2.12 bits per heavy atom. The van der Waals surface area contributed by atoms with E-state index in [1.165, 1.54) is 18.6 Å². The van der Waals surface area contributed by atoms with Crippen LogP contribution in [0.5, 0.6) is 0 Å². The zero-order valence-corrected chi connectivity index (χ0v) is 15.1. The second-order valence-electron chi connectivity index (χ2n) is 7.21. The van der Waals surface area contributed by atoms with Crippen molar-refractivity contribution >= 4 is 5.96 Å². The SMILES string of the molecule is CN=C(NCCc1coc(-c2ccc(F)cc2)n1)N1CCC(C)(C)C1. The van der Waals surface area contributed by atoms with E-state index in [1.807, 2.05) is 7.05 Å². The standard InChI is InChI=1S/C19H25FN4O/c1-19(2)9-11-24(13-19)18(21-3)22-10-8-16-12-25-17(23-16)14-4-6-15(20)7-5-14/h4-7,12H,8-11,13H2,1-3H3,(H,21,22). The topological polar surface area (TPSA) is 53.7 Å². The van der Waals surface area contributed by atoms with Crippen molar-refractivity contribution in [3.8, 4) is 11.5 Å². The van der Waals surface area contributed by atoms with Gasteiger partial charge in [-0.1, -0.05) is 13.8 Å². The fraction of sp³-hybridized carbons (Fsp3) is 0.474. The number of aromatic nitrogens is 1. The van der Waals surface area contributed by atoms with Crippen LogP contribution in [0.4, 0.5) is 4.39 Å². The highest BCUT2D eigenvalue weighted by molar-refractivity contribution is 5.80. The number of rotatable bonds is 4. The zero-order chi connectivity index (χ0) is 17.9. The van der Waals surface area contributed by atoms with Crippen LogP contribution >= 0.6 is 0 Å². The molecule has 0 amide bonds. The number of nitrogens with one attached hydrogen (secondary N) is 1. The third kappa shape index (κ3) is 4.38. The third-order valence-electron chi connectivity index (χ3n) is 4.50. The fourth-order valence-electron chi connectivity index (χ4n) is 3.07. The molecule has 0 unspecified atom stereocenters. The van der Waals surface area contributed by atoms with Crippen molar-refractivity contribution in [2.24, 2.45) is 10.4 Å². The molecule has 0 radical (unpaired) electrons. The lowest BCUT2D eigenvalue weighted by atomic mass is 9.93. The Hall–Kier alpha value is -2.37. The van der Waals surface area contributed by atoms with E-state index in [4.69, 9.17) is 4.42 Å². The van der Waals surface area contributed by atoms with Crippen LogP contribution in [-0.2, 0) is 6.42 Å². The number of likely N-dealkylation sites (tertiary alicyclic amines) is 1. The lowest BCUT2D eigenvalue weighted by Crippen LogP contribution is -2.41. The Morgan fingerprint density at radius 1 is 1.36 bits per heavy atom. The number of halogens is 1. The van der Waals surface area contributed by atoms with Crippen LogP contribution < -0.4 is 5.32 Å². The van der Waals surface area contributed by atoms with Gasteiger partial charge in [0.1, 0.15) is 12.1 Å². The van der Waals surface area contributed by atoms with E-state index in [-0.39, 0.29) is 5.82 Å². The van der Waals surface area contributed by atoms with Crippen molar-refractivity contribution in [3.63, 3.8) is 0 Å². The smallest absolute Gasteiger partial charge is 0.226 e. The van der Waals surface area contributed by atoms with Crippen LogP contribution in [0.2, 0.25) is 0 Å². The quantitative estimate of drug-likeness (QED) is 0.683. The summed E-state index contributed by atoms with van der Waals surface area (Å²) in [6.07, 6.45) is 3.57. The first-order valence-corrected chi connectivity index (χ1v) is 8.63. The molecule has 134 valence electrons. The number of hydrogen-bond acceptors (Lipinski definition) is 3. The molecule has 0 saturated carbocycles. The molecule has 1 aliphatic heterocycles. The highest BCUT2D eigenvalue weighted by atomic mass is 19.1. The number of benzene rings is 1. The Morgan fingerprint density at radius 3 is 2.76 bits per heavy atom. The Bertz CT molecular complexity index is 736. The molecule has 1 fully saturated rings. The summed E-state index contributed by atoms with van der Waals surface area (Å²) in [6.45, 7) is 7.36. The van der Waals surface area contributed by atoms with Crippen molar-refractivity contribution < 1.29 is 8.81 Å². The highest BCUT2D eigenvalue weighted by Gasteiger charge is 2.30. The molecular formula is C19H25FN4O. The predicted molar refractivity (Wildman–Crippen MR) is 96.9 cm³/mol. The van der Waals surface area contributed by atoms with Crippen molar-refractivity contribution in [1.82, 2.24) is 15.2 Å². The largest absolute Gasteiger partial charge is 0.444 e. The van der Waals surface area contributed by atoms with Gasteiger partial charge >= 0.3 is 0 Å². The maximum atomic E-state index is 13.0. The number of aliphatic imine (C=N–C) groups is 1. The van der Waals surface area contributed by atoms with Crippen LogP contribution in [-0.4, -0.2) is 42.5 Å². The summed E-state index contributed by atoms with van der Waals surface area (Å²) in [6, 6.07) is 6.14. The van der Waals surface area contributed by atoms with Gasteiger partial charge < -0.3 is 14.6 Å². The van der Waals surface area contributed by atoms with Crippen LogP contribution in [0, 0.1) is 11.2 Å². The predicted octanol–water partition coefficient (Wildman–Crippen LogP) is 3.33. The van der Waals surface area contributed by atoms with E-state index < -0.39 is 0 Å². The molecule has 2 aromatic rings. The Labute approximate surface area is 148 Å². The summed E-state index contributed by atoms with van der Waals surface area (Å²) in [5.74, 6) is 1.18. The van der Waals surface area contributed by atoms with E-state index >= 15 is 0 Å². The normalized spacial score (nSPS) is 17.1. The van der Waals surface area contributed by atoms with Gasteiger partial charge in [0.2, 0.25) is 5.89 Å². The zero-order valence-electron chi connectivity index (χ0n) is 15.1. The van der Waals surface area contributed by atoms with Crippen molar-refractivity contribution in [3.05, 3.63) is 42.0 Å². The van der Waals surface area contributed by atoms with E-state index in [0.29, 0.717) is 11.3 Å². The molecule has 3 rings (SSSR count). The first kappa shape index (κ1) is 17.5. The van der Waals surface area contributed by atoms with Gasteiger partial charge in [0.15, 0.2) is 5.96 Å². The molecule has 1 aromatic carbocycles. The van der Waals surface area contributed by atoms with Crippen LogP contribution in [0.1, 0.15) is 26.0 Å². The van der Waals surface area contributed by atoms with Gasteiger partial charge in [0, 0.05) is 38.7 Å². The van der Waals surface area contributed by atoms with Crippen LogP contribution in [0.25, 0.3) is 11.5 Å². The minimum atomic E-state index is -0.267. The molecule has 0 spiro atoms. The lowest BCUT2D eigenvalue weighted by molar-refractivity contribution is 0.370. The van der Waals surface area contributed by atoms with Gasteiger partial charge in [-0.05, 0) is 36.1 Å². The molecule has 0 atom stereocenters. The monoisotopic (exact) mass is 344 g/mol. The molecular weight excluding hydrogens is 319 g/mol. The summed E-state index contributed by atoms with van der Waals surface area (Å²) in [5, 5.41) is 3.40. The Balaban J connectivity index is 1.53. The maximum absolute atomic E-state index is 13.0. The van der Waals surface area contributed by atoms with Gasteiger partial charge in [-0.15, -0.1) is 0 Å². The molecule has 0 aliphatic carbocycles. The van der Waals surface area contributed by atoms with Gasteiger partial charge in [-0.2, -0.15) is 0 Å². The first-order valence-electron chi connectivity index (χ1n) is 8.63. The molecule has 25 heavy (non-hydrogen) atoms. The minimum Gasteiger partial charge on any atom is -0.444 e. The number of oxazole rings is 1. The van der Waals surface area contributed by atoms with E-state index in [1.54, 1.807) is 18.4 Å². The van der Waals surface area contributed by atoms with Gasteiger partial charge in [-0.3, -0.25) is 4.99 Å². The van der Waals surface area contributed by atoms with Gasteiger partial charge in [-0.25, -0.2) is 9.37 Å². The number of hydrogen-bond donors (Lipinski definition) is 1. The number of nitrogens with zero attached hydrogens (tertiary/aromatic N) is 3. The summed E-state index contributed by atoms with van der Waals surface area (Å²) in [5.41, 5.74) is 1.98. The first-order chi connectivity index (χ1) is 12.0. The molecule has 1 N–H and O–H groups in total. The molecule has 1 aliphatic rings. The highest BCUT2D eigenvalue weighted by Crippen LogP contribution is 2.28. The summed E-state index contributed by atoms with van der Waals surface area (Å²) in [7, 11) is 1.82. The molecule has 5 nitrogen and oxygen atoms in total. The fourth-order valence-corrected chi connectivity index (χ4v) is 3.07. The van der Waals surface area contributed by atoms with Gasteiger partial charge in [0.25, 0.3) is 0 Å². The Kier molecular flexibility index (Phi) is 5.06. The van der Waals surface area contributed by atoms with Crippen molar-refractivity contribution in [1.29, 1.82) is 0 Å². The number of guanidine groups is 1. The molecule has 1 saturated heterocycles. The average molecular weight is 344 g/mol. The molecule has 6 heteroatoms. The van der Waals surface area contributed by atoms with E-state index in [2.05, 4.69) is 34.0 Å². The maximum Gasteiger partial charge on any atom is 0.226 e. The van der Waals surface area contributed by atoms with Crippen molar-refractivity contribution in [2.45, 2.75) is 26.7 Å². The second kappa shape index (κ2) is 7.25. The molecule has 0 bridgehead atoms. The average Bonchev–Trinajstić information content (AvgIpc) is 3.19. The van der Waals surface area contributed by atoms with E-state index in [9.17, 15) is 4.39 Å². The van der Waals surface area contributed by atoms with Crippen molar-refractivity contribution in [2.75, 3.05) is 26.7 Å². The van der Waals surface area contributed by atoms with Gasteiger partial charge in [0.05, 0.1) is 5.69 Å². The van der Waals surface area contributed by atoms with E-state index in [0.717, 1.165) is 43.3 Å². The lowest BCUT2D eigenvalue weighted by Gasteiger charge is -2.23. The third-order valence-corrected chi connectivity index (χ3v) is 4.50. The summed E-state index contributed by atoms with van der Waals surface area (Å²) in [4.78, 5) is 11.1. The van der Waals surface area contributed by atoms with Crippen LogP contribution in [0.3, 0.4) is 0 Å². The minimum absolute atomic E-state index is 0.267. The second-order valence-corrected chi connectivity index (χ2v) is 7.21. The van der Waals surface area contributed by atoms with Crippen LogP contribution in [0.15, 0.2) is 39.9 Å². The molecule has 1 aromatic heterocycles. The summed E-state index contributed by atoms with van der Waals surface area (Å²) >= 11 is 0. The summed E-state index contributed by atoms with van der Waals surface area (Å²) < 4.78 is 18.5. The molecule has 2 heterocycles.